The molecular weight excluding hydrogens is 226 g/mol. The first kappa shape index (κ1) is 13.1. The summed E-state index contributed by atoms with van der Waals surface area (Å²) in [5, 5.41) is 0. The summed E-state index contributed by atoms with van der Waals surface area (Å²) in [6.07, 6.45) is 1.06. The smallest absolute Gasteiger partial charge is 0.231 e. The van der Waals surface area contributed by atoms with E-state index in [2.05, 4.69) is 13.8 Å². The lowest BCUT2D eigenvalue weighted by Crippen LogP contribution is -2.18. The molecule has 0 saturated carbocycles. The molecule has 1 unspecified atom stereocenters. The number of hydrogen-bond donors (Lipinski definition) is 1. The SMILES string of the molecule is CCC(C)[C@@H](N)c1cccc2c1OCO2.Cl. The summed E-state index contributed by atoms with van der Waals surface area (Å²) in [5.41, 5.74) is 7.24. The van der Waals surface area contributed by atoms with Gasteiger partial charge >= 0.3 is 0 Å². The molecule has 0 aliphatic carbocycles. The molecule has 0 saturated heterocycles. The number of rotatable bonds is 3. The van der Waals surface area contributed by atoms with Gasteiger partial charge in [-0.1, -0.05) is 32.4 Å². The zero-order valence-electron chi connectivity index (χ0n) is 9.60. The van der Waals surface area contributed by atoms with Gasteiger partial charge in [-0.2, -0.15) is 0 Å². The van der Waals surface area contributed by atoms with Crippen LogP contribution in [0.25, 0.3) is 0 Å². The predicted octanol–water partition coefficient (Wildman–Crippen LogP) is 2.88. The number of benzene rings is 1. The lowest BCUT2D eigenvalue weighted by atomic mass is 9.92. The summed E-state index contributed by atoms with van der Waals surface area (Å²) in [6.45, 7) is 4.60. The molecule has 4 heteroatoms. The highest BCUT2D eigenvalue weighted by molar-refractivity contribution is 5.85. The summed E-state index contributed by atoms with van der Waals surface area (Å²) in [4.78, 5) is 0. The monoisotopic (exact) mass is 243 g/mol. The lowest BCUT2D eigenvalue weighted by Gasteiger charge is -2.19. The van der Waals surface area contributed by atoms with Crippen LogP contribution in [0, 0.1) is 5.92 Å². The van der Waals surface area contributed by atoms with Crippen LogP contribution in [0.4, 0.5) is 0 Å². The fourth-order valence-corrected chi connectivity index (χ4v) is 1.78. The zero-order chi connectivity index (χ0) is 10.8. The number of para-hydroxylation sites is 1. The van der Waals surface area contributed by atoms with Crippen LogP contribution in [0.3, 0.4) is 0 Å². The summed E-state index contributed by atoms with van der Waals surface area (Å²) >= 11 is 0. The van der Waals surface area contributed by atoms with E-state index in [1.165, 1.54) is 0 Å². The minimum atomic E-state index is 0. The maximum absolute atomic E-state index is 6.19. The van der Waals surface area contributed by atoms with Crippen molar-refractivity contribution in [1.29, 1.82) is 0 Å². The van der Waals surface area contributed by atoms with Crippen molar-refractivity contribution >= 4 is 12.4 Å². The third-order valence-electron chi connectivity index (χ3n) is 3.04. The molecule has 1 heterocycles. The minimum Gasteiger partial charge on any atom is -0.454 e. The van der Waals surface area contributed by atoms with Crippen molar-refractivity contribution in [3.8, 4) is 11.5 Å². The van der Waals surface area contributed by atoms with E-state index in [0.29, 0.717) is 12.7 Å². The van der Waals surface area contributed by atoms with Crippen LogP contribution in [0.5, 0.6) is 11.5 Å². The van der Waals surface area contributed by atoms with Crippen molar-refractivity contribution < 1.29 is 9.47 Å². The van der Waals surface area contributed by atoms with E-state index in [4.69, 9.17) is 15.2 Å². The normalized spacial score (nSPS) is 16.4. The van der Waals surface area contributed by atoms with Crippen LogP contribution in [0.2, 0.25) is 0 Å². The molecule has 0 fully saturated rings. The number of fused-ring (bicyclic) bond motifs is 1. The molecule has 0 bridgehead atoms. The Labute approximate surface area is 102 Å². The second-order valence-corrected chi connectivity index (χ2v) is 3.99. The van der Waals surface area contributed by atoms with Crippen LogP contribution >= 0.6 is 12.4 Å². The van der Waals surface area contributed by atoms with Crippen molar-refractivity contribution in [2.75, 3.05) is 6.79 Å². The molecule has 0 spiro atoms. The largest absolute Gasteiger partial charge is 0.454 e. The van der Waals surface area contributed by atoms with Gasteiger partial charge in [-0.25, -0.2) is 0 Å². The van der Waals surface area contributed by atoms with Gasteiger partial charge in [0.05, 0.1) is 0 Å². The molecule has 1 aliphatic rings. The first-order valence-corrected chi connectivity index (χ1v) is 5.38. The van der Waals surface area contributed by atoms with E-state index in [1.807, 2.05) is 18.2 Å². The van der Waals surface area contributed by atoms with Gasteiger partial charge in [-0.3, -0.25) is 0 Å². The zero-order valence-corrected chi connectivity index (χ0v) is 10.4. The number of ether oxygens (including phenoxy) is 2. The highest BCUT2D eigenvalue weighted by atomic mass is 35.5. The van der Waals surface area contributed by atoms with Crippen LogP contribution in [0.15, 0.2) is 18.2 Å². The minimum absolute atomic E-state index is 0. The maximum Gasteiger partial charge on any atom is 0.231 e. The molecule has 1 aromatic carbocycles. The van der Waals surface area contributed by atoms with E-state index in [9.17, 15) is 0 Å². The highest BCUT2D eigenvalue weighted by Crippen LogP contribution is 2.39. The molecule has 3 nitrogen and oxygen atoms in total. The van der Waals surface area contributed by atoms with Gasteiger partial charge in [0.2, 0.25) is 6.79 Å². The van der Waals surface area contributed by atoms with Crippen molar-refractivity contribution in [3.63, 3.8) is 0 Å². The van der Waals surface area contributed by atoms with E-state index in [-0.39, 0.29) is 18.4 Å². The first-order chi connectivity index (χ1) is 7.24. The van der Waals surface area contributed by atoms with E-state index >= 15 is 0 Å². The Morgan fingerprint density at radius 1 is 1.38 bits per heavy atom. The molecule has 16 heavy (non-hydrogen) atoms. The molecule has 1 aliphatic heterocycles. The quantitative estimate of drug-likeness (QED) is 0.888. The predicted molar refractivity (Wildman–Crippen MR) is 66.2 cm³/mol. The van der Waals surface area contributed by atoms with Crippen LogP contribution < -0.4 is 15.2 Å². The van der Waals surface area contributed by atoms with Gasteiger partial charge in [0.25, 0.3) is 0 Å². The number of nitrogens with two attached hydrogens (primary N) is 1. The van der Waals surface area contributed by atoms with Crippen LogP contribution in [-0.4, -0.2) is 6.79 Å². The first-order valence-electron chi connectivity index (χ1n) is 5.38. The van der Waals surface area contributed by atoms with Crippen LogP contribution in [-0.2, 0) is 0 Å². The average molecular weight is 244 g/mol. The van der Waals surface area contributed by atoms with E-state index < -0.39 is 0 Å². The topological polar surface area (TPSA) is 44.5 Å². The highest BCUT2D eigenvalue weighted by Gasteiger charge is 2.23. The fraction of sp³-hybridized carbons (Fsp3) is 0.500. The van der Waals surface area contributed by atoms with Crippen molar-refractivity contribution in [2.45, 2.75) is 26.3 Å². The van der Waals surface area contributed by atoms with Gasteiger partial charge in [0.1, 0.15) is 0 Å². The van der Waals surface area contributed by atoms with Gasteiger partial charge in [0, 0.05) is 11.6 Å². The summed E-state index contributed by atoms with van der Waals surface area (Å²) in [6, 6.07) is 5.91. The Morgan fingerprint density at radius 2 is 2.12 bits per heavy atom. The Bertz CT molecular complexity index is 357. The van der Waals surface area contributed by atoms with Crippen molar-refractivity contribution in [3.05, 3.63) is 23.8 Å². The Hall–Kier alpha value is -0.930. The maximum atomic E-state index is 6.19. The molecule has 0 aromatic heterocycles. The molecule has 90 valence electrons. The molecule has 1 aromatic rings. The second kappa shape index (κ2) is 5.41. The van der Waals surface area contributed by atoms with Gasteiger partial charge in [0.15, 0.2) is 11.5 Å². The van der Waals surface area contributed by atoms with Crippen LogP contribution in [0.1, 0.15) is 31.9 Å². The molecule has 2 atom stereocenters. The van der Waals surface area contributed by atoms with Crippen molar-refractivity contribution in [2.24, 2.45) is 11.7 Å². The van der Waals surface area contributed by atoms with E-state index in [0.717, 1.165) is 23.5 Å². The van der Waals surface area contributed by atoms with Crippen molar-refractivity contribution in [1.82, 2.24) is 0 Å². The number of halogens is 1. The number of hydrogen-bond acceptors (Lipinski definition) is 3. The van der Waals surface area contributed by atoms with Gasteiger partial charge < -0.3 is 15.2 Å². The average Bonchev–Trinajstić information content (AvgIpc) is 2.74. The third-order valence-corrected chi connectivity index (χ3v) is 3.04. The third kappa shape index (κ3) is 2.25. The Morgan fingerprint density at radius 3 is 2.81 bits per heavy atom. The molecule has 0 amide bonds. The Balaban J connectivity index is 0.00000128. The lowest BCUT2D eigenvalue weighted by molar-refractivity contribution is 0.172. The fourth-order valence-electron chi connectivity index (χ4n) is 1.78. The van der Waals surface area contributed by atoms with E-state index in [1.54, 1.807) is 0 Å². The summed E-state index contributed by atoms with van der Waals surface area (Å²) in [5.74, 6) is 2.08. The van der Waals surface area contributed by atoms with Gasteiger partial charge in [-0.15, -0.1) is 12.4 Å². The summed E-state index contributed by atoms with van der Waals surface area (Å²) < 4.78 is 10.8. The van der Waals surface area contributed by atoms with Gasteiger partial charge in [-0.05, 0) is 12.0 Å². The standard InChI is InChI=1S/C12H17NO2.ClH/c1-3-8(2)11(13)9-5-4-6-10-12(9)15-7-14-10;/h4-6,8,11H,3,7,13H2,1-2H3;1H/t8?,11-;/m1./s1. The summed E-state index contributed by atoms with van der Waals surface area (Å²) in [7, 11) is 0. The Kier molecular flexibility index (Phi) is 4.44. The molecule has 2 N–H and O–H groups in total. The molecular formula is C12H18ClNO2. The molecule has 2 rings (SSSR count). The molecule has 0 radical (unpaired) electrons. The second-order valence-electron chi connectivity index (χ2n) is 3.99.